The lowest BCUT2D eigenvalue weighted by Gasteiger charge is -2.23. The van der Waals surface area contributed by atoms with Gasteiger partial charge in [0.1, 0.15) is 0 Å². The molecule has 2 aromatic rings. The smallest absolute Gasteiger partial charge is 0.0560 e. The van der Waals surface area contributed by atoms with Crippen molar-refractivity contribution in [2.75, 3.05) is 0 Å². The molecule has 0 amide bonds. The first kappa shape index (κ1) is 12.7. The highest BCUT2D eigenvalue weighted by atomic mass is 35.5. The number of hydrogen-bond donors (Lipinski definition) is 1. The molecule has 3 rings (SSSR count). The van der Waals surface area contributed by atoms with Gasteiger partial charge in [-0.2, -0.15) is 5.10 Å². The molecule has 1 aliphatic carbocycles. The van der Waals surface area contributed by atoms with Gasteiger partial charge in [0.05, 0.1) is 6.54 Å². The first-order chi connectivity index (χ1) is 9.18. The number of nitrogens with one attached hydrogen (secondary N) is 1. The summed E-state index contributed by atoms with van der Waals surface area (Å²) in [4.78, 5) is 0. The number of aromatic nitrogens is 2. The molecule has 0 unspecified atom stereocenters. The molecule has 0 aliphatic heterocycles. The molecule has 1 N–H and O–H groups in total. The van der Waals surface area contributed by atoms with Gasteiger partial charge in [-0.1, -0.05) is 23.7 Å². The predicted molar refractivity (Wildman–Crippen MR) is 77.2 cm³/mol. The van der Waals surface area contributed by atoms with Crippen LogP contribution >= 0.6 is 11.6 Å². The minimum atomic E-state index is 0.150. The van der Waals surface area contributed by atoms with Gasteiger partial charge in [0.2, 0.25) is 0 Å². The Bertz CT molecular complexity index is 529. The highest BCUT2D eigenvalue weighted by Crippen LogP contribution is 2.46. The summed E-state index contributed by atoms with van der Waals surface area (Å²) in [5, 5.41) is 8.78. The highest BCUT2D eigenvalue weighted by Gasteiger charge is 2.44. The maximum absolute atomic E-state index is 5.95. The van der Waals surface area contributed by atoms with Crippen LogP contribution in [0.2, 0.25) is 5.02 Å². The van der Waals surface area contributed by atoms with Crippen LogP contribution in [0.5, 0.6) is 0 Å². The van der Waals surface area contributed by atoms with Gasteiger partial charge in [-0.25, -0.2) is 0 Å². The van der Waals surface area contributed by atoms with Gasteiger partial charge in [-0.15, -0.1) is 0 Å². The summed E-state index contributed by atoms with van der Waals surface area (Å²) in [6.07, 6.45) is 6.20. The average molecular weight is 276 g/mol. The number of nitrogens with zero attached hydrogens (tertiary/aromatic N) is 2. The Labute approximate surface area is 118 Å². The third-order valence-electron chi connectivity index (χ3n) is 3.69. The lowest BCUT2D eigenvalue weighted by molar-refractivity contribution is 0.386. The fraction of sp³-hybridized carbons (Fsp3) is 0.400. The van der Waals surface area contributed by atoms with Crippen LogP contribution in [-0.4, -0.2) is 15.8 Å². The summed E-state index contributed by atoms with van der Waals surface area (Å²) >= 11 is 5.95. The third kappa shape index (κ3) is 2.82. The SMILES string of the molecule is C[C@@H](Cn1cccn1)NC1(c2ccc(Cl)cc2)CC1. The molecule has 1 aromatic heterocycles. The Morgan fingerprint density at radius 2 is 2.11 bits per heavy atom. The number of halogens is 1. The van der Waals surface area contributed by atoms with Crippen LogP contribution in [0.3, 0.4) is 0 Å². The standard InChI is InChI=1S/C15H18ClN3/c1-12(11-19-10-2-9-17-19)18-15(7-8-15)13-3-5-14(16)6-4-13/h2-6,9-10,12,18H,7-8,11H2,1H3/t12-/m0/s1. The molecular formula is C15H18ClN3. The van der Waals surface area contributed by atoms with E-state index in [0.717, 1.165) is 11.6 Å². The highest BCUT2D eigenvalue weighted by molar-refractivity contribution is 6.30. The van der Waals surface area contributed by atoms with E-state index in [2.05, 4.69) is 29.5 Å². The van der Waals surface area contributed by atoms with Crippen molar-refractivity contribution in [2.45, 2.75) is 37.9 Å². The summed E-state index contributed by atoms with van der Waals surface area (Å²) in [5.41, 5.74) is 1.49. The van der Waals surface area contributed by atoms with Gasteiger partial charge in [0.15, 0.2) is 0 Å². The van der Waals surface area contributed by atoms with Crippen molar-refractivity contribution in [3.05, 3.63) is 53.3 Å². The molecule has 0 radical (unpaired) electrons. The average Bonchev–Trinajstić information content (AvgIpc) is 2.98. The summed E-state index contributed by atoms with van der Waals surface area (Å²) < 4.78 is 1.97. The van der Waals surface area contributed by atoms with E-state index in [1.807, 2.05) is 35.3 Å². The van der Waals surface area contributed by atoms with Crippen molar-refractivity contribution < 1.29 is 0 Å². The van der Waals surface area contributed by atoms with Gasteiger partial charge in [0.25, 0.3) is 0 Å². The van der Waals surface area contributed by atoms with Crippen molar-refractivity contribution in [2.24, 2.45) is 0 Å². The molecule has 3 nitrogen and oxygen atoms in total. The van der Waals surface area contributed by atoms with Gasteiger partial charge in [-0.3, -0.25) is 4.68 Å². The van der Waals surface area contributed by atoms with Gasteiger partial charge < -0.3 is 5.32 Å². The lowest BCUT2D eigenvalue weighted by atomic mass is 10.0. The van der Waals surface area contributed by atoms with Crippen molar-refractivity contribution in [1.82, 2.24) is 15.1 Å². The molecular weight excluding hydrogens is 258 g/mol. The molecule has 1 fully saturated rings. The summed E-state index contributed by atoms with van der Waals surface area (Å²) in [7, 11) is 0. The first-order valence-electron chi connectivity index (χ1n) is 6.69. The zero-order valence-electron chi connectivity index (χ0n) is 11.0. The van der Waals surface area contributed by atoms with Crippen LogP contribution in [0.15, 0.2) is 42.7 Å². The zero-order valence-corrected chi connectivity index (χ0v) is 11.8. The summed E-state index contributed by atoms with van der Waals surface area (Å²) in [5.74, 6) is 0. The fourth-order valence-electron chi connectivity index (χ4n) is 2.62. The van der Waals surface area contributed by atoms with Crippen molar-refractivity contribution in [1.29, 1.82) is 0 Å². The topological polar surface area (TPSA) is 29.9 Å². The summed E-state index contributed by atoms with van der Waals surface area (Å²) in [6.45, 7) is 3.10. The second-order valence-corrected chi connectivity index (χ2v) is 5.80. The van der Waals surface area contributed by atoms with Gasteiger partial charge in [-0.05, 0) is 43.5 Å². The molecule has 1 atom stereocenters. The Morgan fingerprint density at radius 1 is 1.37 bits per heavy atom. The maximum Gasteiger partial charge on any atom is 0.0560 e. The number of benzene rings is 1. The molecule has 0 saturated heterocycles. The van der Waals surface area contributed by atoms with Crippen LogP contribution in [0, 0.1) is 0 Å². The van der Waals surface area contributed by atoms with Crippen molar-refractivity contribution in [3.63, 3.8) is 0 Å². The quantitative estimate of drug-likeness (QED) is 0.908. The van der Waals surface area contributed by atoms with Crippen molar-refractivity contribution >= 4 is 11.6 Å². The molecule has 19 heavy (non-hydrogen) atoms. The molecule has 1 aromatic carbocycles. The van der Waals surface area contributed by atoms with E-state index in [1.165, 1.54) is 18.4 Å². The Balaban J connectivity index is 1.67. The van der Waals surface area contributed by atoms with Crippen LogP contribution in [0.25, 0.3) is 0 Å². The van der Waals surface area contributed by atoms with E-state index in [9.17, 15) is 0 Å². The van der Waals surface area contributed by atoms with E-state index in [4.69, 9.17) is 11.6 Å². The number of hydrogen-bond acceptors (Lipinski definition) is 2. The minimum Gasteiger partial charge on any atom is -0.303 e. The van der Waals surface area contributed by atoms with E-state index >= 15 is 0 Å². The molecule has 0 spiro atoms. The van der Waals surface area contributed by atoms with E-state index in [0.29, 0.717) is 6.04 Å². The molecule has 1 saturated carbocycles. The fourth-order valence-corrected chi connectivity index (χ4v) is 2.74. The normalized spacial score (nSPS) is 18.2. The molecule has 0 bridgehead atoms. The second kappa shape index (κ2) is 4.99. The number of rotatable bonds is 5. The van der Waals surface area contributed by atoms with Crippen LogP contribution in [0.1, 0.15) is 25.3 Å². The van der Waals surface area contributed by atoms with E-state index in [-0.39, 0.29) is 5.54 Å². The largest absolute Gasteiger partial charge is 0.303 e. The minimum absolute atomic E-state index is 0.150. The second-order valence-electron chi connectivity index (χ2n) is 5.36. The summed E-state index contributed by atoms with van der Waals surface area (Å²) in [6, 6.07) is 10.5. The first-order valence-corrected chi connectivity index (χ1v) is 7.07. The van der Waals surface area contributed by atoms with Crippen LogP contribution in [-0.2, 0) is 12.1 Å². The monoisotopic (exact) mass is 275 g/mol. The van der Waals surface area contributed by atoms with Crippen molar-refractivity contribution in [3.8, 4) is 0 Å². The maximum atomic E-state index is 5.95. The van der Waals surface area contributed by atoms with E-state index < -0.39 is 0 Å². The van der Waals surface area contributed by atoms with E-state index in [1.54, 1.807) is 0 Å². The predicted octanol–water partition coefficient (Wildman–Crippen LogP) is 3.20. The molecule has 1 aliphatic rings. The molecule has 100 valence electrons. The van der Waals surface area contributed by atoms with Gasteiger partial charge in [0, 0.05) is 29.0 Å². The lowest BCUT2D eigenvalue weighted by Crippen LogP contribution is -2.39. The molecule has 1 heterocycles. The zero-order chi connectivity index (χ0) is 13.3. The molecule has 4 heteroatoms. The third-order valence-corrected chi connectivity index (χ3v) is 3.94. The van der Waals surface area contributed by atoms with Gasteiger partial charge >= 0.3 is 0 Å². The van der Waals surface area contributed by atoms with Crippen LogP contribution in [0.4, 0.5) is 0 Å². The van der Waals surface area contributed by atoms with Crippen LogP contribution < -0.4 is 5.32 Å². The Kier molecular flexibility index (Phi) is 3.33. The Hall–Kier alpha value is -1.32. The Morgan fingerprint density at radius 3 is 2.68 bits per heavy atom.